The molecule has 0 radical (unpaired) electrons. The molecule has 3 aromatic rings. The number of carbonyl (C=O) groups excluding carboxylic acids is 1. The van der Waals surface area contributed by atoms with Crippen LogP contribution >= 0.6 is 0 Å². The van der Waals surface area contributed by atoms with Crippen LogP contribution in [0.4, 0.5) is 5.69 Å². The lowest BCUT2D eigenvalue weighted by molar-refractivity contribution is 0.0595. The van der Waals surface area contributed by atoms with Crippen LogP contribution in [-0.4, -0.2) is 32.6 Å². The summed E-state index contributed by atoms with van der Waals surface area (Å²) in [6.45, 7) is 2.48. The number of imidazole rings is 1. The molecule has 3 rings (SSSR count). The summed E-state index contributed by atoms with van der Waals surface area (Å²) >= 11 is 0. The summed E-state index contributed by atoms with van der Waals surface area (Å²) in [6.07, 6.45) is 7.13. The highest BCUT2D eigenvalue weighted by molar-refractivity contribution is 5.87. The van der Waals surface area contributed by atoms with E-state index in [4.69, 9.17) is 0 Å². The summed E-state index contributed by atoms with van der Waals surface area (Å²) in [7, 11) is 1.36. The van der Waals surface area contributed by atoms with Gasteiger partial charge in [-0.05, 0) is 30.7 Å². The lowest BCUT2D eigenvalue weighted by Gasteiger charge is -2.12. The Morgan fingerprint density at radius 3 is 3.00 bits per heavy atom. The molecule has 0 spiro atoms. The zero-order valence-corrected chi connectivity index (χ0v) is 12.9. The monoisotopic (exact) mass is 311 g/mol. The highest BCUT2D eigenvalue weighted by Gasteiger charge is 2.10. The Hall–Kier alpha value is -3.09. The minimum Gasteiger partial charge on any atom is -0.464 e. The third-order valence-electron chi connectivity index (χ3n) is 3.47. The van der Waals surface area contributed by atoms with E-state index in [1.807, 2.05) is 29.8 Å². The van der Waals surface area contributed by atoms with Gasteiger partial charge in [-0.15, -0.1) is 0 Å². The number of methoxy groups -OCH3 is 1. The van der Waals surface area contributed by atoms with Crippen molar-refractivity contribution >= 4 is 11.7 Å². The number of hydrogen-bond acceptors (Lipinski definition) is 5. The van der Waals surface area contributed by atoms with Gasteiger partial charge in [-0.2, -0.15) is 0 Å². The van der Waals surface area contributed by atoms with Gasteiger partial charge in [-0.25, -0.2) is 14.8 Å². The fourth-order valence-corrected chi connectivity index (χ4v) is 2.30. The molecule has 0 aliphatic heterocycles. The molecule has 7 nitrogen and oxygen atoms in total. The Labute approximate surface area is 133 Å². The lowest BCUT2D eigenvalue weighted by Crippen LogP contribution is -2.06. The molecule has 0 aromatic carbocycles. The van der Waals surface area contributed by atoms with Crippen molar-refractivity contribution in [3.63, 3.8) is 0 Å². The zero-order valence-electron chi connectivity index (χ0n) is 12.9. The van der Waals surface area contributed by atoms with Gasteiger partial charge in [0.1, 0.15) is 11.5 Å². The first-order valence-corrected chi connectivity index (χ1v) is 7.14. The summed E-state index contributed by atoms with van der Waals surface area (Å²) in [5.74, 6) is 1.26. The Morgan fingerprint density at radius 1 is 1.39 bits per heavy atom. The van der Waals surface area contributed by atoms with Crippen molar-refractivity contribution in [1.29, 1.82) is 0 Å². The molecular formula is C16H17N5O2. The number of esters is 1. The summed E-state index contributed by atoms with van der Waals surface area (Å²) in [6, 6.07) is 5.59. The van der Waals surface area contributed by atoms with Crippen molar-refractivity contribution in [3.8, 4) is 5.82 Å². The maximum absolute atomic E-state index is 11.5. The van der Waals surface area contributed by atoms with Crippen molar-refractivity contribution in [1.82, 2.24) is 19.5 Å². The third-order valence-corrected chi connectivity index (χ3v) is 3.47. The lowest BCUT2D eigenvalue weighted by atomic mass is 10.3. The van der Waals surface area contributed by atoms with Crippen molar-refractivity contribution in [2.24, 2.45) is 0 Å². The molecule has 0 aliphatic rings. The molecule has 0 atom stereocenters. The predicted molar refractivity (Wildman–Crippen MR) is 85.6 cm³/mol. The predicted octanol–water partition coefficient (Wildman–Crippen LogP) is 2.30. The van der Waals surface area contributed by atoms with E-state index in [1.54, 1.807) is 24.7 Å². The number of aryl methyl sites for hydroxylation is 1. The topological polar surface area (TPSA) is 84.8 Å². The fourth-order valence-electron chi connectivity index (χ4n) is 2.30. The molecule has 0 saturated carbocycles. The second kappa shape index (κ2) is 6.35. The second-order valence-corrected chi connectivity index (χ2v) is 4.99. The molecule has 118 valence electrons. The van der Waals surface area contributed by atoms with E-state index in [2.05, 4.69) is 25.0 Å². The van der Waals surface area contributed by atoms with Crippen molar-refractivity contribution in [2.75, 3.05) is 12.4 Å². The highest BCUT2D eigenvalue weighted by atomic mass is 16.5. The molecule has 0 bridgehead atoms. The minimum atomic E-state index is -0.382. The molecule has 0 saturated heterocycles. The van der Waals surface area contributed by atoms with Gasteiger partial charge in [0, 0.05) is 31.3 Å². The summed E-state index contributed by atoms with van der Waals surface area (Å²) in [5, 5.41) is 3.33. The fraction of sp³-hybridized carbons (Fsp3) is 0.188. The molecule has 0 fully saturated rings. The van der Waals surface area contributed by atoms with Crippen LogP contribution in [0.25, 0.3) is 5.82 Å². The van der Waals surface area contributed by atoms with Gasteiger partial charge in [-0.1, -0.05) is 0 Å². The van der Waals surface area contributed by atoms with Crippen LogP contribution in [0.1, 0.15) is 21.9 Å². The number of nitrogens with one attached hydrogen (secondary N) is 2. The number of nitrogens with zero attached hydrogens (tertiary/aromatic N) is 3. The number of rotatable bonds is 5. The van der Waals surface area contributed by atoms with E-state index >= 15 is 0 Å². The Kier molecular flexibility index (Phi) is 4.09. The third kappa shape index (κ3) is 3.08. The van der Waals surface area contributed by atoms with Crippen LogP contribution in [-0.2, 0) is 11.3 Å². The van der Waals surface area contributed by atoms with E-state index < -0.39 is 0 Å². The second-order valence-electron chi connectivity index (χ2n) is 4.99. The quantitative estimate of drug-likeness (QED) is 0.706. The molecular weight excluding hydrogens is 294 g/mol. The molecule has 3 aromatic heterocycles. The summed E-state index contributed by atoms with van der Waals surface area (Å²) in [5.41, 5.74) is 2.26. The Morgan fingerprint density at radius 2 is 2.26 bits per heavy atom. The summed E-state index contributed by atoms with van der Waals surface area (Å²) < 4.78 is 6.60. The first-order valence-electron chi connectivity index (χ1n) is 7.14. The van der Waals surface area contributed by atoms with Crippen LogP contribution < -0.4 is 5.32 Å². The highest BCUT2D eigenvalue weighted by Crippen LogP contribution is 2.19. The van der Waals surface area contributed by atoms with Crippen molar-refractivity contribution < 1.29 is 9.53 Å². The van der Waals surface area contributed by atoms with Gasteiger partial charge in [0.05, 0.1) is 12.8 Å². The molecule has 3 heterocycles. The number of pyridine rings is 1. The SMILES string of the molecule is COC(=O)c1cc(CNc2cccnc2-n2ccnc2C)c[nH]1. The number of anilines is 1. The minimum absolute atomic E-state index is 0.382. The normalized spacial score (nSPS) is 10.5. The van der Waals surface area contributed by atoms with Gasteiger partial charge in [-0.3, -0.25) is 4.57 Å². The molecule has 0 aliphatic carbocycles. The molecule has 7 heteroatoms. The number of aromatic amines is 1. The molecule has 2 N–H and O–H groups in total. The molecule has 0 amide bonds. The van der Waals surface area contributed by atoms with E-state index in [9.17, 15) is 4.79 Å². The average Bonchev–Trinajstić information content (AvgIpc) is 3.21. The van der Waals surface area contributed by atoms with Crippen LogP contribution in [0.2, 0.25) is 0 Å². The van der Waals surface area contributed by atoms with Crippen LogP contribution in [0.3, 0.4) is 0 Å². The largest absolute Gasteiger partial charge is 0.464 e. The number of ether oxygens (including phenoxy) is 1. The van der Waals surface area contributed by atoms with Gasteiger partial charge in [0.2, 0.25) is 0 Å². The van der Waals surface area contributed by atoms with Crippen LogP contribution in [0, 0.1) is 6.92 Å². The number of carbonyl (C=O) groups is 1. The number of hydrogen-bond donors (Lipinski definition) is 2. The average molecular weight is 311 g/mol. The maximum Gasteiger partial charge on any atom is 0.354 e. The first kappa shape index (κ1) is 14.8. The maximum atomic E-state index is 11.5. The van der Waals surface area contributed by atoms with Crippen LogP contribution in [0.15, 0.2) is 43.0 Å². The molecule has 23 heavy (non-hydrogen) atoms. The van der Waals surface area contributed by atoms with E-state index in [-0.39, 0.29) is 5.97 Å². The number of aromatic nitrogens is 4. The Bertz CT molecular complexity index is 821. The zero-order chi connectivity index (χ0) is 16.2. The van der Waals surface area contributed by atoms with Gasteiger partial charge in [0.25, 0.3) is 0 Å². The van der Waals surface area contributed by atoms with E-state index in [1.165, 1.54) is 7.11 Å². The van der Waals surface area contributed by atoms with Crippen molar-refractivity contribution in [2.45, 2.75) is 13.5 Å². The Balaban J connectivity index is 1.78. The van der Waals surface area contributed by atoms with E-state index in [0.717, 1.165) is 22.9 Å². The summed E-state index contributed by atoms with van der Waals surface area (Å²) in [4.78, 5) is 23.0. The van der Waals surface area contributed by atoms with E-state index in [0.29, 0.717) is 12.2 Å². The first-order chi connectivity index (χ1) is 11.2. The smallest absolute Gasteiger partial charge is 0.354 e. The van der Waals surface area contributed by atoms with Crippen molar-refractivity contribution in [3.05, 3.63) is 60.1 Å². The standard InChI is InChI=1S/C16H17N5O2/c1-11-17-6-7-21(11)15-13(4-3-5-18-15)19-9-12-8-14(20-10-12)16(22)23-2/h3-8,10,19-20H,9H2,1-2H3. The van der Waals surface area contributed by atoms with Gasteiger partial charge >= 0.3 is 5.97 Å². The van der Waals surface area contributed by atoms with Gasteiger partial charge in [0.15, 0.2) is 5.82 Å². The van der Waals surface area contributed by atoms with Crippen LogP contribution in [0.5, 0.6) is 0 Å². The number of H-pyrrole nitrogens is 1. The molecule has 0 unspecified atom stereocenters. The van der Waals surface area contributed by atoms with Gasteiger partial charge < -0.3 is 15.0 Å².